The number of hydrogen-bond donors (Lipinski definition) is 2. The quantitative estimate of drug-likeness (QED) is 0.557. The van der Waals surface area contributed by atoms with Gasteiger partial charge < -0.3 is 10.4 Å². The van der Waals surface area contributed by atoms with E-state index in [1.807, 2.05) is 0 Å². The molecule has 0 saturated carbocycles. The van der Waals surface area contributed by atoms with Crippen molar-refractivity contribution in [2.75, 3.05) is 39.0 Å². The van der Waals surface area contributed by atoms with Crippen molar-refractivity contribution >= 4 is 10.0 Å². The fourth-order valence-electron chi connectivity index (χ4n) is 1.43. The van der Waals surface area contributed by atoms with Crippen molar-refractivity contribution < 1.29 is 13.5 Å². The van der Waals surface area contributed by atoms with E-state index in [4.69, 9.17) is 5.11 Å². The van der Waals surface area contributed by atoms with Gasteiger partial charge in [-0.2, -0.15) is 0 Å². The minimum atomic E-state index is -2.97. The molecule has 5 nitrogen and oxygen atoms in total. The maximum absolute atomic E-state index is 11.0. The summed E-state index contributed by atoms with van der Waals surface area (Å²) in [5, 5.41) is 11.7. The Labute approximate surface area is 85.2 Å². The number of hydrogen-bond acceptors (Lipinski definition) is 4. The van der Waals surface area contributed by atoms with Gasteiger partial charge in [0.25, 0.3) is 0 Å². The van der Waals surface area contributed by atoms with Crippen LogP contribution in [-0.2, 0) is 10.0 Å². The first-order valence-electron chi connectivity index (χ1n) is 4.80. The highest BCUT2D eigenvalue weighted by Gasteiger charge is 2.32. The number of nitrogens with zero attached hydrogens (tertiary/aromatic N) is 1. The van der Waals surface area contributed by atoms with Crippen LogP contribution in [0.3, 0.4) is 0 Å². The van der Waals surface area contributed by atoms with Crippen LogP contribution < -0.4 is 5.32 Å². The third kappa shape index (κ3) is 3.53. The molecule has 1 saturated heterocycles. The van der Waals surface area contributed by atoms with Crippen LogP contribution in [0.25, 0.3) is 0 Å². The highest BCUT2D eigenvalue weighted by Crippen LogP contribution is 2.17. The number of nitrogens with one attached hydrogen (secondary N) is 1. The third-order valence-electron chi connectivity index (χ3n) is 2.34. The van der Waals surface area contributed by atoms with E-state index in [-0.39, 0.29) is 6.61 Å². The highest BCUT2D eigenvalue weighted by molar-refractivity contribution is 7.88. The van der Waals surface area contributed by atoms with E-state index in [9.17, 15) is 8.42 Å². The summed E-state index contributed by atoms with van der Waals surface area (Å²) in [5.41, 5.74) is 0. The fraction of sp³-hybridized carbons (Fsp3) is 1.00. The molecule has 0 amide bonds. The van der Waals surface area contributed by atoms with E-state index in [1.165, 1.54) is 10.6 Å². The molecule has 0 aliphatic carbocycles. The van der Waals surface area contributed by atoms with E-state index < -0.39 is 10.0 Å². The first-order chi connectivity index (χ1) is 6.54. The summed E-state index contributed by atoms with van der Waals surface area (Å²) in [4.78, 5) is 0. The van der Waals surface area contributed by atoms with E-state index >= 15 is 0 Å². The number of sulfonamides is 1. The lowest BCUT2D eigenvalue weighted by Crippen LogP contribution is -2.52. The second kappa shape index (κ2) is 5.06. The number of rotatable bonds is 6. The van der Waals surface area contributed by atoms with Gasteiger partial charge in [0.1, 0.15) is 0 Å². The van der Waals surface area contributed by atoms with Gasteiger partial charge in [0, 0.05) is 26.2 Å². The van der Waals surface area contributed by atoms with Crippen molar-refractivity contribution in [3.05, 3.63) is 0 Å². The smallest absolute Gasteiger partial charge is 0.211 e. The predicted molar refractivity (Wildman–Crippen MR) is 54.5 cm³/mol. The number of aliphatic hydroxyl groups is 1. The van der Waals surface area contributed by atoms with Crippen LogP contribution in [0.4, 0.5) is 0 Å². The van der Waals surface area contributed by atoms with Crippen molar-refractivity contribution in [1.29, 1.82) is 0 Å². The van der Waals surface area contributed by atoms with Crippen LogP contribution in [0.15, 0.2) is 0 Å². The summed E-state index contributed by atoms with van der Waals surface area (Å²) in [6.07, 6.45) is 1.99. The molecule has 1 fully saturated rings. The van der Waals surface area contributed by atoms with Gasteiger partial charge in [0.15, 0.2) is 0 Å². The molecule has 0 atom stereocenters. The summed E-state index contributed by atoms with van der Waals surface area (Å²) in [6, 6.07) is 0. The molecule has 0 aromatic rings. The zero-order chi connectivity index (χ0) is 10.6. The van der Waals surface area contributed by atoms with Crippen molar-refractivity contribution in [3.63, 3.8) is 0 Å². The molecular weight excluding hydrogens is 204 g/mol. The Hall–Kier alpha value is -0.170. The first kappa shape index (κ1) is 11.9. The molecule has 2 N–H and O–H groups in total. The van der Waals surface area contributed by atoms with Crippen LogP contribution >= 0.6 is 0 Å². The van der Waals surface area contributed by atoms with Crippen LogP contribution in [0.5, 0.6) is 0 Å². The Morgan fingerprint density at radius 1 is 1.50 bits per heavy atom. The normalized spacial score (nSPS) is 19.6. The first-order valence-corrected chi connectivity index (χ1v) is 6.65. The van der Waals surface area contributed by atoms with Crippen molar-refractivity contribution in [2.45, 2.75) is 6.42 Å². The summed E-state index contributed by atoms with van der Waals surface area (Å²) in [6.45, 7) is 3.10. The molecule has 1 heterocycles. The second-order valence-corrected chi connectivity index (χ2v) is 5.71. The van der Waals surface area contributed by atoms with Gasteiger partial charge in [-0.25, -0.2) is 12.7 Å². The lowest BCUT2D eigenvalue weighted by molar-refractivity contribution is 0.195. The molecule has 14 heavy (non-hydrogen) atoms. The molecule has 0 radical (unpaired) electrons. The Balaban J connectivity index is 2.05. The lowest BCUT2D eigenvalue weighted by Gasteiger charge is -2.37. The maximum Gasteiger partial charge on any atom is 0.211 e. The molecule has 0 aromatic carbocycles. The fourth-order valence-corrected chi connectivity index (χ4v) is 2.40. The molecule has 1 rings (SSSR count). The van der Waals surface area contributed by atoms with E-state index in [1.54, 1.807) is 0 Å². The zero-order valence-corrected chi connectivity index (χ0v) is 9.26. The monoisotopic (exact) mass is 222 g/mol. The van der Waals surface area contributed by atoms with Gasteiger partial charge in [0.2, 0.25) is 10.0 Å². The van der Waals surface area contributed by atoms with E-state index in [0.29, 0.717) is 19.0 Å². The third-order valence-corrected chi connectivity index (χ3v) is 3.57. The second-order valence-electron chi connectivity index (χ2n) is 3.73. The van der Waals surface area contributed by atoms with Gasteiger partial charge in [-0.15, -0.1) is 0 Å². The van der Waals surface area contributed by atoms with E-state index in [2.05, 4.69) is 5.32 Å². The minimum absolute atomic E-state index is 0.202. The van der Waals surface area contributed by atoms with Crippen LogP contribution in [0.2, 0.25) is 0 Å². The SMILES string of the molecule is CS(=O)(=O)N1CC(CNCCCO)C1. The molecule has 1 aliphatic rings. The molecule has 0 spiro atoms. The maximum atomic E-state index is 11.0. The van der Waals surface area contributed by atoms with Crippen LogP contribution in [0, 0.1) is 5.92 Å². The average molecular weight is 222 g/mol. The number of aliphatic hydroxyl groups excluding tert-OH is 1. The largest absolute Gasteiger partial charge is 0.396 e. The van der Waals surface area contributed by atoms with Crippen LogP contribution in [-0.4, -0.2) is 56.9 Å². The van der Waals surface area contributed by atoms with Gasteiger partial charge in [-0.05, 0) is 18.9 Å². The summed E-state index contributed by atoms with van der Waals surface area (Å²) >= 11 is 0. The summed E-state index contributed by atoms with van der Waals surface area (Å²) < 4.78 is 23.5. The van der Waals surface area contributed by atoms with Crippen LogP contribution in [0.1, 0.15) is 6.42 Å². The Morgan fingerprint density at radius 2 is 2.14 bits per heavy atom. The Kier molecular flexibility index (Phi) is 4.31. The van der Waals surface area contributed by atoms with Gasteiger partial charge in [0.05, 0.1) is 6.26 Å². The molecule has 0 unspecified atom stereocenters. The molecule has 0 aromatic heterocycles. The Morgan fingerprint density at radius 3 is 2.64 bits per heavy atom. The zero-order valence-electron chi connectivity index (χ0n) is 8.44. The standard InChI is InChI=1S/C8H18N2O3S/c1-14(12,13)10-6-8(7-10)5-9-3-2-4-11/h8-9,11H,2-7H2,1H3. The van der Waals surface area contributed by atoms with Crippen molar-refractivity contribution in [1.82, 2.24) is 9.62 Å². The van der Waals surface area contributed by atoms with Gasteiger partial charge in [-0.3, -0.25) is 0 Å². The predicted octanol–water partition coefficient (Wildman–Crippen LogP) is -1.15. The van der Waals surface area contributed by atoms with E-state index in [0.717, 1.165) is 19.5 Å². The highest BCUT2D eigenvalue weighted by atomic mass is 32.2. The lowest BCUT2D eigenvalue weighted by atomic mass is 10.0. The van der Waals surface area contributed by atoms with Gasteiger partial charge in [-0.1, -0.05) is 0 Å². The van der Waals surface area contributed by atoms with Crippen molar-refractivity contribution in [3.8, 4) is 0 Å². The average Bonchev–Trinajstić information content (AvgIpc) is 1.98. The molecule has 84 valence electrons. The molecule has 0 bridgehead atoms. The molecular formula is C8H18N2O3S. The summed E-state index contributed by atoms with van der Waals surface area (Å²) in [7, 11) is -2.97. The molecule has 1 aliphatic heterocycles. The Bertz CT molecular complexity index is 260. The summed E-state index contributed by atoms with van der Waals surface area (Å²) in [5.74, 6) is 0.434. The minimum Gasteiger partial charge on any atom is -0.396 e. The topological polar surface area (TPSA) is 69.6 Å². The van der Waals surface area contributed by atoms with Crippen molar-refractivity contribution in [2.24, 2.45) is 5.92 Å². The van der Waals surface area contributed by atoms with Gasteiger partial charge >= 0.3 is 0 Å². The molecule has 6 heteroatoms.